The lowest BCUT2D eigenvalue weighted by Gasteiger charge is -2.19. The van der Waals surface area contributed by atoms with Crippen LogP contribution in [0.25, 0.3) is 0 Å². The Hall–Kier alpha value is -1.94. The average Bonchev–Trinajstić information content (AvgIpc) is 2.51. The molecule has 0 atom stereocenters. The first-order valence-electron chi connectivity index (χ1n) is 7.31. The van der Waals surface area contributed by atoms with E-state index in [4.69, 9.17) is 26.8 Å². The fraction of sp³-hybridized carbons (Fsp3) is 0.389. The van der Waals surface area contributed by atoms with Crippen molar-refractivity contribution in [3.05, 3.63) is 58.5 Å². The van der Waals surface area contributed by atoms with Gasteiger partial charge in [0.25, 0.3) is 6.02 Å². The predicted octanol–water partition coefficient (Wildman–Crippen LogP) is 4.45. The smallest absolute Gasteiger partial charge is 0.287 e. The molecule has 23 heavy (non-hydrogen) atoms. The number of amidine groups is 1. The van der Waals surface area contributed by atoms with Crippen LogP contribution in [0.5, 0.6) is 0 Å². The Kier molecular flexibility index (Phi) is 6.70. The molecule has 1 rings (SSSR count). The van der Waals surface area contributed by atoms with E-state index >= 15 is 0 Å². The fourth-order valence-corrected chi connectivity index (χ4v) is 1.91. The lowest BCUT2D eigenvalue weighted by atomic mass is 9.87. The van der Waals surface area contributed by atoms with Gasteiger partial charge in [0.15, 0.2) is 0 Å². The van der Waals surface area contributed by atoms with E-state index in [2.05, 4.69) is 56.6 Å². The molecule has 4 nitrogen and oxygen atoms in total. The van der Waals surface area contributed by atoms with Crippen LogP contribution >= 0.6 is 11.6 Å². The second-order valence-electron chi connectivity index (χ2n) is 6.23. The van der Waals surface area contributed by atoms with Crippen molar-refractivity contribution in [2.75, 3.05) is 7.11 Å². The van der Waals surface area contributed by atoms with Crippen molar-refractivity contribution in [3.63, 3.8) is 0 Å². The number of halogens is 1. The molecule has 0 spiro atoms. The van der Waals surface area contributed by atoms with E-state index in [0.717, 1.165) is 5.56 Å². The Morgan fingerprint density at radius 1 is 1.26 bits per heavy atom. The van der Waals surface area contributed by atoms with Crippen LogP contribution in [-0.2, 0) is 21.5 Å². The molecule has 0 heterocycles. The van der Waals surface area contributed by atoms with E-state index in [1.54, 1.807) is 6.92 Å². The number of nitrogens with two attached hydrogens (primary N) is 1. The Morgan fingerprint density at radius 2 is 1.83 bits per heavy atom. The third kappa shape index (κ3) is 5.99. The minimum atomic E-state index is -0.0140. The number of benzene rings is 1. The molecular weight excluding hydrogens is 312 g/mol. The minimum Gasteiger partial charge on any atom is -0.489 e. The first kappa shape index (κ1) is 19.1. The van der Waals surface area contributed by atoms with Crippen molar-refractivity contribution < 1.29 is 9.47 Å². The largest absolute Gasteiger partial charge is 0.489 e. The fourth-order valence-electron chi connectivity index (χ4n) is 1.72. The first-order chi connectivity index (χ1) is 10.6. The molecule has 5 heteroatoms. The zero-order valence-electron chi connectivity index (χ0n) is 14.4. The van der Waals surface area contributed by atoms with Crippen molar-refractivity contribution in [2.24, 2.45) is 10.7 Å². The van der Waals surface area contributed by atoms with Crippen molar-refractivity contribution in [1.29, 1.82) is 0 Å². The highest BCUT2D eigenvalue weighted by atomic mass is 35.5. The molecule has 0 saturated heterocycles. The highest BCUT2D eigenvalue weighted by Crippen LogP contribution is 2.23. The zero-order valence-corrected chi connectivity index (χ0v) is 15.2. The monoisotopic (exact) mass is 336 g/mol. The number of rotatable bonds is 5. The minimum absolute atomic E-state index is 0.0140. The number of methoxy groups -OCH3 is 1. The number of aliphatic imine (C=N–C) groups is 1. The van der Waals surface area contributed by atoms with Gasteiger partial charge in [-0.15, -0.1) is 0 Å². The Bertz CT molecular complexity index is 611. The van der Waals surface area contributed by atoms with Gasteiger partial charge in [-0.1, -0.05) is 63.2 Å². The normalized spacial score (nSPS) is 13.4. The van der Waals surface area contributed by atoms with E-state index in [-0.39, 0.29) is 16.6 Å². The number of allylic oxidation sites excluding steroid dienone is 1. The molecule has 0 aliphatic rings. The number of hydrogen-bond acceptors (Lipinski definition) is 3. The van der Waals surface area contributed by atoms with Gasteiger partial charge in [-0.05, 0) is 23.5 Å². The molecule has 1 aromatic carbocycles. The summed E-state index contributed by atoms with van der Waals surface area (Å²) in [5, 5.41) is 0.192. The molecule has 0 radical (unpaired) electrons. The van der Waals surface area contributed by atoms with Gasteiger partial charge < -0.3 is 15.2 Å². The topological polar surface area (TPSA) is 56.8 Å². The third-order valence-corrected chi connectivity index (χ3v) is 3.75. The number of nitrogens with zero attached hydrogens (tertiary/aromatic N) is 1. The average molecular weight is 337 g/mol. The van der Waals surface area contributed by atoms with Crippen molar-refractivity contribution >= 4 is 17.6 Å². The van der Waals surface area contributed by atoms with E-state index in [1.165, 1.54) is 12.7 Å². The Labute approximate surface area is 143 Å². The summed E-state index contributed by atoms with van der Waals surface area (Å²) in [5.41, 5.74) is 8.55. The molecule has 0 unspecified atom stereocenters. The maximum Gasteiger partial charge on any atom is 0.287 e. The van der Waals surface area contributed by atoms with Gasteiger partial charge in [0.1, 0.15) is 17.5 Å². The summed E-state index contributed by atoms with van der Waals surface area (Å²) < 4.78 is 10.4. The molecule has 0 fully saturated rings. The highest BCUT2D eigenvalue weighted by Gasteiger charge is 2.13. The number of ether oxygens (including phenoxy) is 2. The molecule has 0 saturated carbocycles. The van der Waals surface area contributed by atoms with Crippen LogP contribution in [-0.4, -0.2) is 13.1 Å². The first-order valence-corrected chi connectivity index (χ1v) is 7.69. The summed E-state index contributed by atoms with van der Waals surface area (Å²) in [6, 6.07) is 8.31. The van der Waals surface area contributed by atoms with Gasteiger partial charge in [0.05, 0.1) is 7.11 Å². The molecule has 1 aromatic rings. The van der Waals surface area contributed by atoms with E-state index in [0.29, 0.717) is 17.9 Å². The van der Waals surface area contributed by atoms with Crippen LogP contribution in [0.2, 0.25) is 0 Å². The SMILES string of the molecule is C=C(OCc1ccc(C(C)(C)C)cc1)/C(C)=C(Cl)\N=C(/N)OC. The van der Waals surface area contributed by atoms with E-state index in [1.807, 2.05) is 0 Å². The maximum atomic E-state index is 6.04. The Morgan fingerprint density at radius 3 is 2.30 bits per heavy atom. The van der Waals surface area contributed by atoms with Gasteiger partial charge in [0.2, 0.25) is 0 Å². The summed E-state index contributed by atoms with van der Waals surface area (Å²) in [5.74, 6) is 0.447. The molecule has 0 aliphatic carbocycles. The number of hydrogen-bond donors (Lipinski definition) is 1. The highest BCUT2D eigenvalue weighted by molar-refractivity contribution is 6.30. The predicted molar refractivity (Wildman–Crippen MR) is 96.3 cm³/mol. The quantitative estimate of drug-likeness (QED) is 0.284. The zero-order chi connectivity index (χ0) is 17.6. The lowest BCUT2D eigenvalue weighted by Crippen LogP contribution is -2.13. The summed E-state index contributed by atoms with van der Waals surface area (Å²) in [7, 11) is 1.42. The molecule has 0 bridgehead atoms. The van der Waals surface area contributed by atoms with E-state index in [9.17, 15) is 0 Å². The third-order valence-electron chi connectivity index (χ3n) is 3.38. The summed E-state index contributed by atoms with van der Waals surface area (Å²) in [6.45, 7) is 12.6. The Balaban J connectivity index is 2.71. The van der Waals surface area contributed by atoms with Crippen LogP contribution in [0.15, 0.2) is 52.3 Å². The molecule has 2 N–H and O–H groups in total. The van der Waals surface area contributed by atoms with Crippen molar-refractivity contribution in [2.45, 2.75) is 39.7 Å². The van der Waals surface area contributed by atoms with Gasteiger partial charge >= 0.3 is 0 Å². The standard InChI is InChI=1S/C18H25ClN2O2/c1-12(16(19)21-17(20)22-6)13(2)23-11-14-7-9-15(10-8-14)18(3,4)5/h7-10H,2,11H2,1,3-6H3,(H2,20,21)/b16-12-. The summed E-state index contributed by atoms with van der Waals surface area (Å²) >= 11 is 6.04. The second kappa shape index (κ2) is 8.06. The van der Waals surface area contributed by atoms with Crippen LogP contribution in [0.4, 0.5) is 0 Å². The summed E-state index contributed by atoms with van der Waals surface area (Å²) in [4.78, 5) is 3.89. The summed E-state index contributed by atoms with van der Waals surface area (Å²) in [6.07, 6.45) is 0. The second-order valence-corrected chi connectivity index (χ2v) is 6.59. The van der Waals surface area contributed by atoms with Gasteiger partial charge in [-0.2, -0.15) is 4.99 Å². The van der Waals surface area contributed by atoms with Crippen molar-refractivity contribution in [3.8, 4) is 0 Å². The molecule has 0 amide bonds. The molecule has 0 aromatic heterocycles. The van der Waals surface area contributed by atoms with Gasteiger partial charge in [-0.25, -0.2) is 0 Å². The van der Waals surface area contributed by atoms with Crippen LogP contribution in [0.1, 0.15) is 38.8 Å². The van der Waals surface area contributed by atoms with Crippen molar-refractivity contribution in [1.82, 2.24) is 0 Å². The molecule has 126 valence electrons. The van der Waals surface area contributed by atoms with Crippen LogP contribution in [0, 0.1) is 0 Å². The van der Waals surface area contributed by atoms with Gasteiger partial charge in [-0.3, -0.25) is 0 Å². The maximum absolute atomic E-state index is 6.04. The molecule has 0 aliphatic heterocycles. The molecular formula is C18H25ClN2O2. The lowest BCUT2D eigenvalue weighted by molar-refractivity contribution is 0.208. The van der Waals surface area contributed by atoms with Gasteiger partial charge in [0, 0.05) is 5.57 Å². The van der Waals surface area contributed by atoms with Crippen LogP contribution < -0.4 is 5.73 Å². The van der Waals surface area contributed by atoms with E-state index < -0.39 is 0 Å². The van der Waals surface area contributed by atoms with Crippen LogP contribution in [0.3, 0.4) is 0 Å².